The van der Waals surface area contributed by atoms with Crippen LogP contribution in [0.4, 0.5) is 0 Å². The van der Waals surface area contributed by atoms with Gasteiger partial charge in [0.05, 0.1) is 4.47 Å². The molecule has 2 N–H and O–H groups in total. The molecule has 6 heteroatoms. The molecule has 0 aliphatic carbocycles. The summed E-state index contributed by atoms with van der Waals surface area (Å²) in [7, 11) is 0. The molecule has 0 saturated carbocycles. The molecule has 0 aliphatic rings. The smallest absolute Gasteiger partial charge is 0.173 e. The molecule has 112 valence electrons. The second-order valence-electron chi connectivity index (χ2n) is 4.87. The fourth-order valence-corrected chi connectivity index (χ4v) is 4.03. The third kappa shape index (κ3) is 3.05. The first kappa shape index (κ1) is 17.3. The third-order valence-corrected chi connectivity index (χ3v) is 7.31. The zero-order valence-electron chi connectivity index (χ0n) is 11.2. The molecule has 0 heterocycles. The zero-order chi connectivity index (χ0) is 15.9. The van der Waals surface area contributed by atoms with Gasteiger partial charge in [-0.3, -0.25) is 0 Å². The molecule has 0 bridgehead atoms. The van der Waals surface area contributed by atoms with Crippen molar-refractivity contribution in [3.05, 3.63) is 41.7 Å². The number of phenolic OH excluding ortho intramolecular Hbond substituents is 2. The quantitative estimate of drug-likeness (QED) is 0.403. The number of phenols is 2. The highest BCUT2D eigenvalue weighted by atomic mass is 79.9. The van der Waals surface area contributed by atoms with Crippen LogP contribution in [-0.2, 0) is 0 Å². The molecule has 0 saturated heterocycles. The Bertz CT molecular complexity index is 712. The molecular formula is C15H12Br4O2. The predicted octanol–water partition coefficient (Wildman–Crippen LogP) is 6.94. The van der Waals surface area contributed by atoms with Gasteiger partial charge in [0.2, 0.25) is 0 Å². The van der Waals surface area contributed by atoms with Crippen LogP contribution in [0.25, 0.3) is 11.1 Å². The van der Waals surface area contributed by atoms with E-state index in [1.807, 2.05) is 32.0 Å². The molecule has 2 aromatic rings. The van der Waals surface area contributed by atoms with E-state index in [4.69, 9.17) is 0 Å². The molecule has 0 atom stereocenters. The van der Waals surface area contributed by atoms with E-state index in [0.29, 0.717) is 14.5 Å². The first-order valence-corrected chi connectivity index (χ1v) is 9.31. The average molecular weight is 544 g/mol. The summed E-state index contributed by atoms with van der Waals surface area (Å²) in [6, 6.07) is 5.83. The van der Waals surface area contributed by atoms with Crippen LogP contribution in [0.2, 0.25) is 0 Å². The van der Waals surface area contributed by atoms with Crippen LogP contribution in [0.1, 0.15) is 25.3 Å². The van der Waals surface area contributed by atoms with Gasteiger partial charge in [0.25, 0.3) is 0 Å². The molecule has 0 aliphatic heterocycles. The lowest BCUT2D eigenvalue weighted by Gasteiger charge is -2.20. The minimum Gasteiger partial charge on any atom is -0.504 e. The van der Waals surface area contributed by atoms with Crippen molar-refractivity contribution in [3.63, 3.8) is 0 Å². The Hall–Kier alpha value is -0.0400. The monoisotopic (exact) mass is 540 g/mol. The van der Waals surface area contributed by atoms with Crippen molar-refractivity contribution < 1.29 is 10.2 Å². The van der Waals surface area contributed by atoms with E-state index in [0.717, 1.165) is 20.1 Å². The highest BCUT2D eigenvalue weighted by Crippen LogP contribution is 2.52. The zero-order valence-corrected chi connectivity index (χ0v) is 17.6. The van der Waals surface area contributed by atoms with Gasteiger partial charge in [0, 0.05) is 24.5 Å². The van der Waals surface area contributed by atoms with Gasteiger partial charge in [-0.2, -0.15) is 0 Å². The van der Waals surface area contributed by atoms with E-state index >= 15 is 0 Å². The minimum absolute atomic E-state index is 0.0428. The molecule has 2 nitrogen and oxygen atoms in total. The molecule has 0 fully saturated rings. The van der Waals surface area contributed by atoms with Crippen LogP contribution in [0.5, 0.6) is 11.5 Å². The Morgan fingerprint density at radius 3 is 2.05 bits per heavy atom. The van der Waals surface area contributed by atoms with E-state index in [2.05, 4.69) is 63.7 Å². The molecule has 0 spiro atoms. The summed E-state index contributed by atoms with van der Waals surface area (Å²) in [5.41, 5.74) is 2.47. The van der Waals surface area contributed by atoms with Gasteiger partial charge in [0.1, 0.15) is 0 Å². The van der Waals surface area contributed by atoms with Crippen LogP contribution in [0.15, 0.2) is 36.1 Å². The first-order chi connectivity index (χ1) is 9.77. The van der Waals surface area contributed by atoms with Crippen molar-refractivity contribution >= 4 is 63.7 Å². The third-order valence-electron chi connectivity index (χ3n) is 3.17. The largest absolute Gasteiger partial charge is 0.504 e. The van der Waals surface area contributed by atoms with Crippen molar-refractivity contribution in [1.29, 1.82) is 0 Å². The van der Waals surface area contributed by atoms with Crippen LogP contribution in [0.3, 0.4) is 0 Å². The first-order valence-electron chi connectivity index (χ1n) is 6.14. The Morgan fingerprint density at radius 2 is 1.48 bits per heavy atom. The summed E-state index contributed by atoms with van der Waals surface area (Å²) in [6.07, 6.45) is 0. The van der Waals surface area contributed by atoms with Crippen molar-refractivity contribution in [3.8, 4) is 22.6 Å². The molecule has 21 heavy (non-hydrogen) atoms. The van der Waals surface area contributed by atoms with Gasteiger partial charge in [-0.25, -0.2) is 0 Å². The van der Waals surface area contributed by atoms with Gasteiger partial charge in [0.15, 0.2) is 11.5 Å². The summed E-state index contributed by atoms with van der Waals surface area (Å²) in [4.78, 5) is 0. The van der Waals surface area contributed by atoms with Crippen LogP contribution >= 0.6 is 63.7 Å². The number of rotatable bonds is 2. The second kappa shape index (κ2) is 6.60. The van der Waals surface area contributed by atoms with Crippen molar-refractivity contribution in [2.45, 2.75) is 19.8 Å². The van der Waals surface area contributed by atoms with Crippen LogP contribution in [-0.4, -0.2) is 10.2 Å². The number of halogens is 4. The minimum atomic E-state index is -0.152. The van der Waals surface area contributed by atoms with E-state index in [1.54, 1.807) is 0 Å². The lowest BCUT2D eigenvalue weighted by atomic mass is 9.91. The highest BCUT2D eigenvalue weighted by molar-refractivity contribution is 9.13. The number of hydrogen-bond acceptors (Lipinski definition) is 2. The Balaban J connectivity index is 2.94. The normalized spacial score (nSPS) is 11.2. The van der Waals surface area contributed by atoms with Crippen molar-refractivity contribution in [2.24, 2.45) is 0 Å². The number of benzene rings is 2. The van der Waals surface area contributed by atoms with Gasteiger partial charge < -0.3 is 10.2 Å². The molecule has 2 rings (SSSR count). The molecule has 2 aromatic carbocycles. The van der Waals surface area contributed by atoms with E-state index in [9.17, 15) is 10.2 Å². The average Bonchev–Trinajstić information content (AvgIpc) is 2.43. The van der Waals surface area contributed by atoms with Gasteiger partial charge in [-0.15, -0.1) is 0 Å². The van der Waals surface area contributed by atoms with E-state index < -0.39 is 0 Å². The molecular weight excluding hydrogens is 532 g/mol. The van der Waals surface area contributed by atoms with Gasteiger partial charge >= 0.3 is 0 Å². The second-order valence-corrected chi connectivity index (χ2v) is 8.10. The fraction of sp³-hybridized carbons (Fsp3) is 0.200. The van der Waals surface area contributed by atoms with Gasteiger partial charge in [-0.05, 0) is 81.3 Å². The lowest BCUT2D eigenvalue weighted by molar-refractivity contribution is 0.395. The van der Waals surface area contributed by atoms with Crippen LogP contribution < -0.4 is 0 Å². The lowest BCUT2D eigenvalue weighted by Crippen LogP contribution is -1.97. The summed E-state index contributed by atoms with van der Waals surface area (Å²) in [5.74, 6) is -0.205. The fourth-order valence-electron chi connectivity index (χ4n) is 2.20. The predicted molar refractivity (Wildman–Crippen MR) is 100 cm³/mol. The SMILES string of the molecule is CC(C)c1c(O)c(O)c(Br)c(Br)c1-c1cccc(Br)c1Br. The molecule has 0 amide bonds. The maximum Gasteiger partial charge on any atom is 0.173 e. The number of hydrogen-bond donors (Lipinski definition) is 2. The Morgan fingerprint density at radius 1 is 0.857 bits per heavy atom. The summed E-state index contributed by atoms with van der Waals surface area (Å²) in [5, 5.41) is 20.4. The summed E-state index contributed by atoms with van der Waals surface area (Å²) < 4.78 is 2.96. The van der Waals surface area contributed by atoms with Crippen LogP contribution in [0, 0.1) is 0 Å². The highest BCUT2D eigenvalue weighted by Gasteiger charge is 2.25. The Labute approximate surface area is 157 Å². The van der Waals surface area contributed by atoms with E-state index in [1.165, 1.54) is 0 Å². The summed E-state index contributed by atoms with van der Waals surface area (Å²) >= 11 is 13.9. The maximum absolute atomic E-state index is 10.3. The Kier molecular flexibility index (Phi) is 5.45. The summed E-state index contributed by atoms with van der Waals surface area (Å²) in [6.45, 7) is 3.95. The molecule has 0 unspecified atom stereocenters. The van der Waals surface area contributed by atoms with E-state index in [-0.39, 0.29) is 17.4 Å². The molecule has 0 aromatic heterocycles. The standard InChI is InChI=1S/C15H12Br4O2/c1-6(2)9-10(7-4-3-5-8(16)11(7)17)12(18)13(19)15(21)14(9)20/h3-6,20-21H,1-2H3. The molecule has 0 radical (unpaired) electrons. The van der Waals surface area contributed by atoms with Gasteiger partial charge in [-0.1, -0.05) is 26.0 Å². The topological polar surface area (TPSA) is 40.5 Å². The van der Waals surface area contributed by atoms with Crippen molar-refractivity contribution in [1.82, 2.24) is 0 Å². The van der Waals surface area contributed by atoms with Crippen molar-refractivity contribution in [2.75, 3.05) is 0 Å². The maximum atomic E-state index is 10.3. The number of aromatic hydroxyl groups is 2.